The molecule has 2 aliphatic rings. The molecule has 4 rings (SSSR count). The van der Waals surface area contributed by atoms with Gasteiger partial charge in [0.25, 0.3) is 0 Å². The number of benzene rings is 2. The van der Waals surface area contributed by atoms with Crippen LogP contribution in [-0.2, 0) is 20.3 Å². The van der Waals surface area contributed by atoms with Crippen LogP contribution in [0.5, 0.6) is 11.5 Å². The number of hydrogen-bond acceptors (Lipinski definition) is 5. The lowest BCUT2D eigenvalue weighted by molar-refractivity contribution is -0.183. The Morgan fingerprint density at radius 2 is 1.56 bits per heavy atom. The molecule has 0 aromatic heterocycles. The van der Waals surface area contributed by atoms with Crippen molar-refractivity contribution in [1.29, 1.82) is 0 Å². The van der Waals surface area contributed by atoms with Crippen molar-refractivity contribution in [3.8, 4) is 11.5 Å². The summed E-state index contributed by atoms with van der Waals surface area (Å²) < 4.78 is 22.3. The minimum atomic E-state index is -0.359. The summed E-state index contributed by atoms with van der Waals surface area (Å²) in [6.45, 7) is 16.0. The fourth-order valence-corrected chi connectivity index (χ4v) is 3.87. The molecule has 1 saturated heterocycles. The Kier molecular flexibility index (Phi) is 9.02. The van der Waals surface area contributed by atoms with E-state index in [1.807, 2.05) is 18.2 Å². The van der Waals surface area contributed by atoms with E-state index < -0.39 is 0 Å². The van der Waals surface area contributed by atoms with Gasteiger partial charge in [0.05, 0.1) is 32.5 Å². The highest BCUT2D eigenvalue weighted by molar-refractivity contribution is 5.42. The first kappa shape index (κ1) is 26.5. The second kappa shape index (κ2) is 11.6. The molecule has 5 heteroatoms. The van der Waals surface area contributed by atoms with Crippen LogP contribution in [0.15, 0.2) is 42.5 Å². The zero-order valence-corrected chi connectivity index (χ0v) is 21.7. The summed E-state index contributed by atoms with van der Waals surface area (Å²) in [5.41, 5.74) is 3.73. The standard InChI is InChI=1S/C16H24O3.C13H18O2/c1-16(2,3)13-6-4-7-14(12-13)17-11-8-15-18-9-5-10-19-15;1-13(2,3)9-4-5-10-11(14)6-7-15-12(10)8-9/h4,6-7,12,15H,5,8-11H2,1-3H3;4-5,8,11,14H,6-7H2,1-3H3. The zero-order chi connectivity index (χ0) is 24.8. The summed E-state index contributed by atoms with van der Waals surface area (Å²) >= 11 is 0. The van der Waals surface area contributed by atoms with Crippen molar-refractivity contribution in [3.63, 3.8) is 0 Å². The van der Waals surface area contributed by atoms with Crippen LogP contribution in [-0.4, -0.2) is 37.8 Å². The van der Waals surface area contributed by atoms with Gasteiger partial charge in [0.2, 0.25) is 0 Å². The molecule has 2 aromatic rings. The highest BCUT2D eigenvalue weighted by Crippen LogP contribution is 2.35. The first-order valence-corrected chi connectivity index (χ1v) is 12.5. The van der Waals surface area contributed by atoms with Crippen LogP contribution in [0.3, 0.4) is 0 Å². The van der Waals surface area contributed by atoms with Gasteiger partial charge < -0.3 is 24.1 Å². The number of ether oxygens (including phenoxy) is 4. The van der Waals surface area contributed by atoms with Crippen LogP contribution in [0.1, 0.15) is 83.6 Å². The first-order chi connectivity index (χ1) is 16.0. The first-order valence-electron chi connectivity index (χ1n) is 12.5. The van der Waals surface area contributed by atoms with Gasteiger partial charge in [-0.2, -0.15) is 0 Å². The monoisotopic (exact) mass is 470 g/mol. The van der Waals surface area contributed by atoms with E-state index in [9.17, 15) is 5.11 Å². The van der Waals surface area contributed by atoms with Gasteiger partial charge in [-0.15, -0.1) is 0 Å². The minimum Gasteiger partial charge on any atom is -0.493 e. The van der Waals surface area contributed by atoms with E-state index in [2.05, 4.69) is 65.8 Å². The molecule has 188 valence electrons. The third kappa shape index (κ3) is 7.72. The number of hydrogen-bond donors (Lipinski definition) is 1. The Bertz CT molecular complexity index is 903. The Balaban J connectivity index is 0.000000196. The largest absolute Gasteiger partial charge is 0.493 e. The predicted octanol–water partition coefficient (Wildman–Crippen LogP) is 6.32. The molecule has 0 radical (unpaired) electrons. The lowest BCUT2D eigenvalue weighted by Gasteiger charge is -2.26. The number of fused-ring (bicyclic) bond motifs is 1. The van der Waals surface area contributed by atoms with E-state index in [0.717, 1.165) is 43.1 Å². The Morgan fingerprint density at radius 1 is 0.882 bits per heavy atom. The van der Waals surface area contributed by atoms with Gasteiger partial charge >= 0.3 is 0 Å². The molecular formula is C29H42O5. The second-order valence-electron chi connectivity index (χ2n) is 11.1. The fourth-order valence-electron chi connectivity index (χ4n) is 3.87. The van der Waals surface area contributed by atoms with Crippen LogP contribution >= 0.6 is 0 Å². The molecule has 0 spiro atoms. The molecule has 5 nitrogen and oxygen atoms in total. The topological polar surface area (TPSA) is 57.2 Å². The fraction of sp³-hybridized carbons (Fsp3) is 0.586. The van der Waals surface area contributed by atoms with Crippen molar-refractivity contribution in [1.82, 2.24) is 0 Å². The Hall–Kier alpha value is -2.08. The van der Waals surface area contributed by atoms with Crippen LogP contribution < -0.4 is 9.47 Å². The summed E-state index contributed by atoms with van der Waals surface area (Å²) in [5, 5.41) is 9.78. The van der Waals surface area contributed by atoms with Crippen molar-refractivity contribution in [2.45, 2.75) is 84.0 Å². The number of aliphatic hydroxyl groups excluding tert-OH is 1. The van der Waals surface area contributed by atoms with Crippen molar-refractivity contribution < 1.29 is 24.1 Å². The highest BCUT2D eigenvalue weighted by Gasteiger charge is 2.22. The minimum absolute atomic E-state index is 0.0976. The maximum Gasteiger partial charge on any atom is 0.160 e. The average molecular weight is 471 g/mol. The summed E-state index contributed by atoms with van der Waals surface area (Å²) in [6, 6.07) is 14.4. The molecule has 34 heavy (non-hydrogen) atoms. The van der Waals surface area contributed by atoms with Crippen LogP contribution in [0, 0.1) is 0 Å². The highest BCUT2D eigenvalue weighted by atomic mass is 16.7. The quantitative estimate of drug-likeness (QED) is 0.567. The van der Waals surface area contributed by atoms with Crippen molar-refractivity contribution in [2.24, 2.45) is 0 Å². The maximum atomic E-state index is 9.78. The lowest BCUT2D eigenvalue weighted by atomic mass is 9.85. The van der Waals surface area contributed by atoms with Gasteiger partial charge in [0.1, 0.15) is 11.5 Å². The van der Waals surface area contributed by atoms with Crippen LogP contribution in [0.25, 0.3) is 0 Å². The molecule has 1 fully saturated rings. The van der Waals surface area contributed by atoms with E-state index >= 15 is 0 Å². The number of aliphatic hydroxyl groups is 1. The van der Waals surface area contributed by atoms with Gasteiger partial charge in [-0.25, -0.2) is 0 Å². The summed E-state index contributed by atoms with van der Waals surface area (Å²) in [4.78, 5) is 0. The van der Waals surface area contributed by atoms with E-state index in [1.54, 1.807) is 0 Å². The summed E-state index contributed by atoms with van der Waals surface area (Å²) in [5.74, 6) is 1.77. The third-order valence-electron chi connectivity index (χ3n) is 6.11. The SMILES string of the molecule is CC(C)(C)c1ccc2c(c1)OCCC2O.CC(C)(C)c1cccc(OCCC2OCCCO2)c1. The van der Waals surface area contributed by atoms with Crippen molar-refractivity contribution >= 4 is 0 Å². The van der Waals surface area contributed by atoms with E-state index in [0.29, 0.717) is 19.6 Å². The molecule has 0 bridgehead atoms. The van der Waals surface area contributed by atoms with E-state index in [-0.39, 0.29) is 23.2 Å². The molecule has 0 aliphatic carbocycles. The Morgan fingerprint density at radius 3 is 2.24 bits per heavy atom. The average Bonchev–Trinajstić information content (AvgIpc) is 2.79. The molecule has 2 aliphatic heterocycles. The molecule has 2 aromatic carbocycles. The molecule has 1 atom stereocenters. The number of rotatable bonds is 4. The third-order valence-corrected chi connectivity index (χ3v) is 6.11. The Labute approximate surface area is 205 Å². The smallest absolute Gasteiger partial charge is 0.160 e. The molecule has 1 unspecified atom stereocenters. The molecular weight excluding hydrogens is 428 g/mol. The normalized spacial score (nSPS) is 18.9. The van der Waals surface area contributed by atoms with Crippen LogP contribution in [0.2, 0.25) is 0 Å². The van der Waals surface area contributed by atoms with Gasteiger partial charge in [-0.3, -0.25) is 0 Å². The summed E-state index contributed by atoms with van der Waals surface area (Å²) in [7, 11) is 0. The van der Waals surface area contributed by atoms with Gasteiger partial charge in [-0.05, 0) is 46.6 Å². The van der Waals surface area contributed by atoms with Crippen LogP contribution in [0.4, 0.5) is 0 Å². The van der Waals surface area contributed by atoms with Gasteiger partial charge in [0.15, 0.2) is 6.29 Å². The van der Waals surface area contributed by atoms with E-state index in [4.69, 9.17) is 18.9 Å². The van der Waals surface area contributed by atoms with E-state index in [1.165, 1.54) is 11.1 Å². The predicted molar refractivity (Wildman–Crippen MR) is 136 cm³/mol. The zero-order valence-electron chi connectivity index (χ0n) is 21.7. The summed E-state index contributed by atoms with van der Waals surface area (Å²) in [6.07, 6.45) is 2.01. The van der Waals surface area contributed by atoms with Crippen molar-refractivity contribution in [2.75, 3.05) is 26.4 Å². The van der Waals surface area contributed by atoms with Crippen molar-refractivity contribution in [3.05, 3.63) is 59.2 Å². The molecule has 2 heterocycles. The molecule has 1 N–H and O–H groups in total. The molecule has 0 amide bonds. The maximum absolute atomic E-state index is 9.78. The molecule has 0 saturated carbocycles. The second-order valence-corrected chi connectivity index (χ2v) is 11.1. The van der Waals surface area contributed by atoms with Gasteiger partial charge in [0, 0.05) is 18.4 Å². The lowest BCUT2D eigenvalue weighted by Crippen LogP contribution is -2.26. The van der Waals surface area contributed by atoms with Gasteiger partial charge in [-0.1, -0.05) is 65.8 Å².